The maximum atomic E-state index is 11.2. The Balaban J connectivity index is 0.00000232. The molecule has 0 fully saturated rings. The Bertz CT molecular complexity index is 435. The van der Waals surface area contributed by atoms with E-state index in [0.29, 0.717) is 12.6 Å². The Kier molecular flexibility index (Phi) is 12.6. The van der Waals surface area contributed by atoms with Crippen LogP contribution in [0.15, 0.2) is 35.3 Å². The molecule has 0 spiro atoms. The molecule has 130 valence electrons. The number of carbonyl (C=O) groups excluding carboxylic acids is 1. The van der Waals surface area contributed by atoms with Gasteiger partial charge in [0.15, 0.2) is 0 Å². The molecule has 1 unspecified atom stereocenters. The Morgan fingerprint density at radius 1 is 1.35 bits per heavy atom. The van der Waals surface area contributed by atoms with Gasteiger partial charge in [-0.3, -0.25) is 9.79 Å². The normalized spacial score (nSPS) is 11.5. The first kappa shape index (κ1) is 21.1. The van der Waals surface area contributed by atoms with E-state index in [1.165, 1.54) is 5.56 Å². The zero-order chi connectivity index (χ0) is 17.5. The van der Waals surface area contributed by atoms with E-state index in [1.807, 2.05) is 44.0 Å². The summed E-state index contributed by atoms with van der Waals surface area (Å²) in [6.45, 7) is 10.0. The largest absolute Gasteiger partial charge is 0.465 e. The number of aliphatic imine (C=N–C) groups is 1. The summed E-state index contributed by atoms with van der Waals surface area (Å²) in [5.74, 6) is -0.294. The first-order valence-electron chi connectivity index (χ1n) is 8.25. The summed E-state index contributed by atoms with van der Waals surface area (Å²) >= 11 is 0. The lowest BCUT2D eigenvalue weighted by Crippen LogP contribution is -2.37. The second-order valence-electron chi connectivity index (χ2n) is 4.89. The van der Waals surface area contributed by atoms with Crippen LogP contribution in [-0.4, -0.2) is 50.0 Å². The summed E-state index contributed by atoms with van der Waals surface area (Å²) in [5, 5.41) is 3.41. The molecule has 0 saturated carbocycles. The molecule has 0 bridgehead atoms. The van der Waals surface area contributed by atoms with Crippen LogP contribution in [0.5, 0.6) is 0 Å². The minimum absolute atomic E-state index is 0.0718. The molecule has 0 heterocycles. The topological polar surface area (TPSA) is 53.9 Å². The lowest BCUT2D eigenvalue weighted by atomic mass is 10.2. The number of likely N-dealkylation sites (N-methyl/N-ethyl adjacent to an activating group) is 1. The van der Waals surface area contributed by atoms with Crippen molar-refractivity contribution in [3.8, 4) is 0 Å². The molecule has 0 amide bonds. The van der Waals surface area contributed by atoms with Crippen LogP contribution < -0.4 is 5.32 Å². The van der Waals surface area contributed by atoms with Crippen molar-refractivity contribution in [1.82, 2.24) is 10.2 Å². The highest BCUT2D eigenvalue weighted by Gasteiger charge is 2.05. The highest BCUT2D eigenvalue weighted by atomic mass is 16.5. The molecule has 0 radical (unpaired) electrons. The third-order valence-electron chi connectivity index (χ3n) is 3.10. The van der Waals surface area contributed by atoms with E-state index in [2.05, 4.69) is 29.4 Å². The maximum Gasteiger partial charge on any atom is 0.327 e. The SMILES string of the molecule is CC.CCOC(=O)CN=CN(C)C(C)CNCc1ccccc1. The fourth-order valence-electron chi connectivity index (χ4n) is 1.73. The predicted octanol–water partition coefficient (Wildman–Crippen LogP) is 2.71. The first-order valence-corrected chi connectivity index (χ1v) is 8.25. The van der Waals surface area contributed by atoms with E-state index in [1.54, 1.807) is 13.3 Å². The average Bonchev–Trinajstić information content (AvgIpc) is 2.57. The minimum atomic E-state index is -0.294. The Morgan fingerprint density at radius 2 is 2.00 bits per heavy atom. The molecule has 5 nitrogen and oxygen atoms in total. The molecule has 1 N–H and O–H groups in total. The highest BCUT2D eigenvalue weighted by molar-refractivity contribution is 5.73. The predicted molar refractivity (Wildman–Crippen MR) is 96.7 cm³/mol. The smallest absolute Gasteiger partial charge is 0.327 e. The van der Waals surface area contributed by atoms with E-state index in [4.69, 9.17) is 4.74 Å². The summed E-state index contributed by atoms with van der Waals surface area (Å²) in [5.41, 5.74) is 1.27. The van der Waals surface area contributed by atoms with Crippen molar-refractivity contribution in [2.75, 3.05) is 26.7 Å². The van der Waals surface area contributed by atoms with Crippen LogP contribution in [0.1, 0.15) is 33.3 Å². The van der Waals surface area contributed by atoms with Crippen molar-refractivity contribution in [3.63, 3.8) is 0 Å². The number of nitrogens with one attached hydrogen (secondary N) is 1. The molecular formula is C18H31N3O2. The molecular weight excluding hydrogens is 290 g/mol. The number of hydrogen-bond donors (Lipinski definition) is 1. The van der Waals surface area contributed by atoms with Gasteiger partial charge in [0.25, 0.3) is 0 Å². The average molecular weight is 321 g/mol. The van der Waals surface area contributed by atoms with E-state index < -0.39 is 0 Å². The van der Waals surface area contributed by atoms with Gasteiger partial charge in [-0.2, -0.15) is 0 Å². The van der Waals surface area contributed by atoms with Crippen LogP contribution in [0.3, 0.4) is 0 Å². The Labute approximate surface area is 140 Å². The standard InChI is InChI=1S/C16H25N3O2.C2H6/c1-4-21-16(20)12-18-13-19(3)14(2)10-17-11-15-8-6-5-7-9-15;1-2/h5-9,13-14,17H,4,10-12H2,1-3H3;1-2H3. The number of nitrogens with zero attached hydrogens (tertiary/aromatic N) is 2. The molecule has 1 aromatic rings. The molecule has 0 aliphatic heterocycles. The summed E-state index contributed by atoms with van der Waals surface area (Å²) in [6, 6.07) is 10.6. The number of esters is 1. The van der Waals surface area contributed by atoms with Crippen LogP contribution >= 0.6 is 0 Å². The third-order valence-corrected chi connectivity index (χ3v) is 3.10. The monoisotopic (exact) mass is 321 g/mol. The van der Waals surface area contributed by atoms with Gasteiger partial charge in [-0.15, -0.1) is 0 Å². The molecule has 23 heavy (non-hydrogen) atoms. The molecule has 1 atom stereocenters. The van der Waals surface area contributed by atoms with E-state index in [9.17, 15) is 4.79 Å². The molecule has 0 aliphatic carbocycles. The van der Waals surface area contributed by atoms with E-state index in [-0.39, 0.29) is 12.5 Å². The Hall–Kier alpha value is -1.88. The number of rotatable bonds is 9. The number of ether oxygens (including phenoxy) is 1. The van der Waals surface area contributed by atoms with E-state index >= 15 is 0 Å². The van der Waals surface area contributed by atoms with Crippen molar-refractivity contribution in [3.05, 3.63) is 35.9 Å². The van der Waals surface area contributed by atoms with Crippen LogP contribution in [0.4, 0.5) is 0 Å². The molecule has 0 aromatic heterocycles. The summed E-state index contributed by atoms with van der Waals surface area (Å²) in [7, 11) is 1.95. The molecule has 5 heteroatoms. The van der Waals surface area contributed by atoms with Crippen LogP contribution in [0.25, 0.3) is 0 Å². The lowest BCUT2D eigenvalue weighted by Gasteiger charge is -2.22. The van der Waals surface area contributed by atoms with Gasteiger partial charge in [-0.25, -0.2) is 0 Å². The van der Waals surface area contributed by atoms with Gasteiger partial charge < -0.3 is 15.0 Å². The van der Waals surface area contributed by atoms with Crippen molar-refractivity contribution in [2.45, 2.75) is 40.3 Å². The van der Waals surface area contributed by atoms with Crippen molar-refractivity contribution in [2.24, 2.45) is 4.99 Å². The van der Waals surface area contributed by atoms with E-state index in [0.717, 1.165) is 13.1 Å². The minimum Gasteiger partial charge on any atom is -0.465 e. The highest BCUT2D eigenvalue weighted by Crippen LogP contribution is 1.98. The van der Waals surface area contributed by atoms with Crippen molar-refractivity contribution in [1.29, 1.82) is 0 Å². The van der Waals surface area contributed by atoms with Crippen molar-refractivity contribution >= 4 is 12.3 Å². The lowest BCUT2D eigenvalue weighted by molar-refractivity contribution is -0.141. The molecule has 0 aliphatic rings. The first-order chi connectivity index (χ1) is 11.1. The number of hydrogen-bond acceptors (Lipinski definition) is 4. The van der Waals surface area contributed by atoms with Crippen LogP contribution in [0, 0.1) is 0 Å². The second kappa shape index (κ2) is 13.8. The summed E-state index contributed by atoms with van der Waals surface area (Å²) in [4.78, 5) is 17.2. The quantitative estimate of drug-likeness (QED) is 0.432. The van der Waals surface area contributed by atoms with Gasteiger partial charge in [0, 0.05) is 26.2 Å². The third kappa shape index (κ3) is 10.5. The Morgan fingerprint density at radius 3 is 2.61 bits per heavy atom. The van der Waals surface area contributed by atoms with Gasteiger partial charge >= 0.3 is 5.97 Å². The number of benzene rings is 1. The van der Waals surface area contributed by atoms with Crippen molar-refractivity contribution < 1.29 is 9.53 Å². The van der Waals surface area contributed by atoms with Gasteiger partial charge in [0.2, 0.25) is 0 Å². The molecule has 0 saturated heterocycles. The molecule has 1 aromatic carbocycles. The summed E-state index contributed by atoms with van der Waals surface area (Å²) in [6.07, 6.45) is 1.69. The fourth-order valence-corrected chi connectivity index (χ4v) is 1.73. The molecule has 1 rings (SSSR count). The number of carbonyl (C=O) groups is 1. The van der Waals surface area contributed by atoms with Gasteiger partial charge in [-0.1, -0.05) is 44.2 Å². The summed E-state index contributed by atoms with van der Waals surface area (Å²) < 4.78 is 4.81. The zero-order valence-corrected chi connectivity index (χ0v) is 15.1. The maximum absolute atomic E-state index is 11.2. The van der Waals surface area contributed by atoms with Gasteiger partial charge in [0.1, 0.15) is 6.54 Å². The fraction of sp³-hybridized carbons (Fsp3) is 0.556. The van der Waals surface area contributed by atoms with Gasteiger partial charge in [-0.05, 0) is 19.4 Å². The van der Waals surface area contributed by atoms with Crippen LogP contribution in [0.2, 0.25) is 0 Å². The second-order valence-corrected chi connectivity index (χ2v) is 4.89. The van der Waals surface area contributed by atoms with Gasteiger partial charge in [0.05, 0.1) is 12.9 Å². The zero-order valence-electron chi connectivity index (χ0n) is 15.1. The van der Waals surface area contributed by atoms with Crippen LogP contribution in [-0.2, 0) is 16.1 Å².